The molecular weight excluding hydrogens is 579 g/mol. The van der Waals surface area contributed by atoms with Gasteiger partial charge in [0.15, 0.2) is 0 Å². The Balaban J connectivity index is 1.44. The van der Waals surface area contributed by atoms with Crippen LogP contribution in [0.3, 0.4) is 0 Å². The molecule has 0 atom stereocenters. The zero-order valence-corrected chi connectivity index (χ0v) is 26.9. The van der Waals surface area contributed by atoms with Gasteiger partial charge in [-0.05, 0) is 79.0 Å². The molecule has 0 saturated heterocycles. The van der Waals surface area contributed by atoms with Crippen LogP contribution in [0.2, 0.25) is 0 Å². The second-order valence-corrected chi connectivity index (χ2v) is 16.2. The van der Waals surface area contributed by atoms with Crippen LogP contribution in [0, 0.1) is 0 Å². The molecule has 0 saturated carbocycles. The Kier molecular flexibility index (Phi) is 4.54. The zero-order valence-electron chi connectivity index (χ0n) is 25.3. The minimum atomic E-state index is 0.00239. The summed E-state index contributed by atoms with van der Waals surface area (Å²) in [6, 6.07) is 42.2. The molecule has 7 aromatic carbocycles. The fourth-order valence-corrected chi connectivity index (χ4v) is 11.0. The molecule has 0 fully saturated rings. The number of thiophene rings is 2. The van der Waals surface area contributed by atoms with Gasteiger partial charge < -0.3 is 0 Å². The number of hydrogen-bond donors (Lipinski definition) is 0. The molecule has 2 aliphatic rings. The Hall–Kier alpha value is -4.44. The van der Waals surface area contributed by atoms with E-state index in [1.807, 2.05) is 22.7 Å². The molecule has 0 radical (unpaired) electrons. The normalized spacial score (nSPS) is 13.6. The predicted octanol–water partition coefficient (Wildman–Crippen LogP) is 10.5. The summed E-state index contributed by atoms with van der Waals surface area (Å²) in [6.45, 7) is 7.32. The van der Waals surface area contributed by atoms with Crippen molar-refractivity contribution in [2.75, 3.05) is 0 Å². The van der Waals surface area contributed by atoms with Crippen LogP contribution >= 0.6 is 22.7 Å². The Morgan fingerprint density at radius 1 is 0.489 bits per heavy atom. The zero-order chi connectivity index (χ0) is 29.8. The topological polar surface area (TPSA) is 0 Å². The van der Waals surface area contributed by atoms with Crippen molar-refractivity contribution in [1.82, 2.24) is 0 Å². The highest BCUT2D eigenvalue weighted by Gasteiger charge is 2.41. The molecule has 210 valence electrons. The summed E-state index contributed by atoms with van der Waals surface area (Å²) in [7, 11) is 0. The third-order valence-corrected chi connectivity index (χ3v) is 12.8. The summed E-state index contributed by atoms with van der Waals surface area (Å²) in [5.41, 5.74) is 11.5. The van der Waals surface area contributed by atoms with Crippen LogP contribution in [-0.4, -0.2) is 6.71 Å². The fourth-order valence-electron chi connectivity index (χ4n) is 8.69. The lowest BCUT2D eigenvalue weighted by molar-refractivity contribution is 0.591. The molecule has 3 heteroatoms. The lowest BCUT2D eigenvalue weighted by Gasteiger charge is -2.36. The second-order valence-electron chi connectivity index (χ2n) is 14.0. The second kappa shape index (κ2) is 8.23. The van der Waals surface area contributed by atoms with E-state index in [0.29, 0.717) is 0 Å². The van der Waals surface area contributed by atoms with Gasteiger partial charge in [-0.1, -0.05) is 122 Å². The molecule has 2 aromatic heterocycles. The van der Waals surface area contributed by atoms with Crippen molar-refractivity contribution >= 4 is 108 Å². The van der Waals surface area contributed by atoms with Crippen molar-refractivity contribution in [2.24, 2.45) is 0 Å². The van der Waals surface area contributed by atoms with Gasteiger partial charge in [0, 0.05) is 40.3 Å². The third kappa shape index (κ3) is 3.04. The first-order valence-electron chi connectivity index (χ1n) is 15.9. The highest BCUT2D eigenvalue weighted by atomic mass is 32.1. The Morgan fingerprint density at radius 2 is 0.978 bits per heavy atom. The quantitative estimate of drug-likeness (QED) is 0.151. The summed E-state index contributed by atoms with van der Waals surface area (Å²) < 4.78 is 5.50. The SMILES string of the molecule is CC(C)(C)c1cc2c3c(c1)-c1c4c(cccc4cc4sc5ccccc5c14)B3c1cccc3cc4sc5ccccc5c4c-2c13. The highest BCUT2D eigenvalue weighted by molar-refractivity contribution is 7.26. The van der Waals surface area contributed by atoms with Gasteiger partial charge in [-0.25, -0.2) is 0 Å². The minimum Gasteiger partial charge on any atom is -0.135 e. The monoisotopic (exact) mass is 606 g/mol. The number of fused-ring (bicyclic) bond motifs is 12. The maximum absolute atomic E-state index is 2.57. The van der Waals surface area contributed by atoms with E-state index in [0.717, 1.165) is 0 Å². The van der Waals surface area contributed by atoms with Gasteiger partial charge in [0.25, 0.3) is 0 Å². The van der Waals surface area contributed by atoms with E-state index in [-0.39, 0.29) is 12.1 Å². The third-order valence-electron chi connectivity index (χ3n) is 10.6. The average Bonchev–Trinajstić information content (AvgIpc) is 3.60. The van der Waals surface area contributed by atoms with E-state index < -0.39 is 0 Å². The van der Waals surface area contributed by atoms with E-state index in [1.54, 1.807) is 0 Å². The standard InChI is InChI=1S/C42H27BS2/c1-42(2,3)24-20-27-39-35-22(18-33-37(39)25-12-4-6-16-31(25)44-33)10-8-14-29(35)43-30-15-9-11-23-19-34-38(26-13-5-7-17-32(26)45-34)40(36(23)30)28(21-24)41(27)43/h4-21H,1-3H3. The average molecular weight is 607 g/mol. The summed E-state index contributed by atoms with van der Waals surface area (Å²) in [5, 5.41) is 11.2. The summed E-state index contributed by atoms with van der Waals surface area (Å²) >= 11 is 3.87. The van der Waals surface area contributed by atoms with Crippen LogP contribution in [0.5, 0.6) is 0 Å². The smallest absolute Gasteiger partial charge is 0.135 e. The molecule has 0 aliphatic carbocycles. The Morgan fingerprint density at radius 3 is 1.47 bits per heavy atom. The van der Waals surface area contributed by atoms with Gasteiger partial charge in [-0.2, -0.15) is 0 Å². The van der Waals surface area contributed by atoms with E-state index in [2.05, 4.69) is 130 Å². The number of hydrogen-bond acceptors (Lipinski definition) is 2. The summed E-state index contributed by atoms with van der Waals surface area (Å²) in [6.07, 6.45) is 0. The first-order valence-corrected chi connectivity index (χ1v) is 17.5. The maximum atomic E-state index is 2.57. The Labute approximate surface area is 269 Å². The van der Waals surface area contributed by atoms with Gasteiger partial charge in [0.2, 0.25) is 6.71 Å². The number of rotatable bonds is 0. The number of benzene rings is 7. The minimum absolute atomic E-state index is 0.00239. The van der Waals surface area contributed by atoms with Gasteiger partial charge in [-0.3, -0.25) is 0 Å². The van der Waals surface area contributed by atoms with Crippen molar-refractivity contribution < 1.29 is 0 Å². The molecule has 0 amide bonds. The van der Waals surface area contributed by atoms with Gasteiger partial charge in [0.05, 0.1) is 0 Å². The van der Waals surface area contributed by atoms with E-state index in [4.69, 9.17) is 0 Å². The first-order chi connectivity index (χ1) is 22.0. The van der Waals surface area contributed by atoms with Crippen molar-refractivity contribution in [1.29, 1.82) is 0 Å². The molecular formula is C42H27BS2. The van der Waals surface area contributed by atoms with E-state index in [9.17, 15) is 0 Å². The summed E-state index contributed by atoms with van der Waals surface area (Å²) in [4.78, 5) is 0. The van der Waals surface area contributed by atoms with Crippen LogP contribution in [0.15, 0.2) is 109 Å². The predicted molar refractivity (Wildman–Crippen MR) is 201 cm³/mol. The molecule has 9 aromatic rings. The maximum Gasteiger partial charge on any atom is 0.244 e. The van der Waals surface area contributed by atoms with Gasteiger partial charge >= 0.3 is 0 Å². The molecule has 0 unspecified atom stereocenters. The largest absolute Gasteiger partial charge is 0.244 e. The lowest BCUT2D eigenvalue weighted by atomic mass is 9.31. The van der Waals surface area contributed by atoms with Gasteiger partial charge in [0.1, 0.15) is 0 Å². The van der Waals surface area contributed by atoms with Crippen molar-refractivity contribution in [3.8, 4) is 22.3 Å². The molecule has 4 heterocycles. The molecule has 45 heavy (non-hydrogen) atoms. The molecule has 2 aliphatic heterocycles. The summed E-state index contributed by atoms with van der Waals surface area (Å²) in [5.74, 6) is 0. The lowest BCUT2D eigenvalue weighted by Crippen LogP contribution is -2.57. The molecule has 0 N–H and O–H groups in total. The van der Waals surface area contributed by atoms with Crippen LogP contribution in [0.4, 0.5) is 0 Å². The van der Waals surface area contributed by atoms with Crippen molar-refractivity contribution in [3.05, 3.63) is 115 Å². The van der Waals surface area contributed by atoms with Crippen molar-refractivity contribution in [3.63, 3.8) is 0 Å². The molecule has 0 bridgehead atoms. The van der Waals surface area contributed by atoms with Crippen molar-refractivity contribution in [2.45, 2.75) is 26.2 Å². The van der Waals surface area contributed by atoms with Crippen LogP contribution in [-0.2, 0) is 5.41 Å². The van der Waals surface area contributed by atoms with E-state index in [1.165, 1.54) is 106 Å². The highest BCUT2D eigenvalue weighted by Crippen LogP contribution is 2.50. The molecule has 0 spiro atoms. The molecule has 0 nitrogen and oxygen atoms in total. The van der Waals surface area contributed by atoms with Crippen LogP contribution in [0.25, 0.3) is 84.1 Å². The molecule has 11 rings (SSSR count). The van der Waals surface area contributed by atoms with Crippen LogP contribution < -0.4 is 16.4 Å². The Bertz CT molecular complexity index is 2620. The van der Waals surface area contributed by atoms with E-state index >= 15 is 0 Å². The van der Waals surface area contributed by atoms with Crippen LogP contribution in [0.1, 0.15) is 26.3 Å². The first kappa shape index (κ1) is 24.8. The fraction of sp³-hybridized carbons (Fsp3) is 0.0952. The van der Waals surface area contributed by atoms with Gasteiger partial charge in [-0.15, -0.1) is 22.7 Å².